The van der Waals surface area contributed by atoms with E-state index in [2.05, 4.69) is 211 Å². The van der Waals surface area contributed by atoms with Crippen LogP contribution in [0.1, 0.15) is 253 Å². The van der Waals surface area contributed by atoms with Crippen LogP contribution in [0.4, 0.5) is 0 Å². The van der Waals surface area contributed by atoms with Crippen LogP contribution in [-0.2, 0) is 84.3 Å². The van der Waals surface area contributed by atoms with E-state index < -0.39 is 11.1 Å². The number of Topliss-reactive ketones (excluding diaryl/α,β-unsaturated/α-hetero) is 3. The van der Waals surface area contributed by atoms with E-state index in [1.54, 1.807) is 20.2 Å². The van der Waals surface area contributed by atoms with E-state index in [0.717, 1.165) is 123 Å². The van der Waals surface area contributed by atoms with Gasteiger partial charge in [0.05, 0.1) is 42.1 Å². The van der Waals surface area contributed by atoms with E-state index in [-0.39, 0.29) is 155 Å². The number of alkyl halides is 2. The second-order valence-corrected chi connectivity index (χ2v) is 38.0. The number of allylic oxidation sites excluding steroid dienone is 3. The van der Waals surface area contributed by atoms with Gasteiger partial charge in [-0.2, -0.15) is 0 Å². The Labute approximate surface area is 755 Å². The normalized spacial score (nSPS) is 22.0. The molecule has 606 valence electrons. The topological polar surface area (TPSA) is 423 Å². The second kappa shape index (κ2) is 59.4. The fraction of sp³-hybridized carbons (Fsp3) is 0.671. The Kier molecular flexibility index (Phi) is 63.5. The fourth-order valence-corrected chi connectivity index (χ4v) is 13.8. The maximum absolute atomic E-state index is 11.9. The standard InChI is InChI=1S/C12H20O2.C10H16Br2O.C10H16O.C9H14O3.C8H9ClN2.C8H10N2OS.C8H10N2O.C4H8O2.CH4N2S.Ar.Cl3OP.K.HNS.H2O3.H2O/c1-5-14-12(13)11-9(4)6-7-10(11)8(2)3;1-7-4-5-10(12,8(13)6-7)9(2,3)11;1-7(2)9-5-4-8(3)6-10(9)11;1-3-12-9(11)8-6(2)4-5-7(8)10;1-5-2-3-6-7(5)8(9)11-4-10-6;1-4-2-3-5-6(4)7(11)10-8(12)9-5;1-5-2-3-6-7(5)8(11)10-4-9-6;1-3-6-4(2)5;2-1(3)4;;1-5(2,3)4;;1-2;1-3-2;/h9,11H,5-7H2,1-4H3;7H,4-6H2,1-3H3;8H,4-6H2,1-3H3;6,8H,3-5H2,1-2H3;4-5H,2-3H2,1H3;4H,2-3H2,1H3,(H2,9,10,11,12);4-5H,2-3H2,1H3,(H,9,10,11);3H2,1-2H3;(H4,2,3,4);;;;1H;1-2H;1H2/q;;;;;;;;;;;+1;;;/p-1/t9-,11?;7-,10?;8-;6-,8?;5-;4-;5-;;;;;;;;/m1111111......../s1. The summed E-state index contributed by atoms with van der Waals surface area (Å²) < 4.78 is 29.1. The van der Waals surface area contributed by atoms with Gasteiger partial charge in [-0.25, -0.2) is 30.2 Å². The number of aromatic nitrogens is 6. The van der Waals surface area contributed by atoms with Crippen LogP contribution in [0.5, 0.6) is 0 Å². The number of nitrogens with two attached hydrogens (primary N) is 2. The number of carbonyl (C=O) groups excluding carboxylic acids is 6. The van der Waals surface area contributed by atoms with Crippen molar-refractivity contribution in [2.75, 3.05) is 19.8 Å². The molecule has 0 spiro atoms. The number of ether oxygens (including phenoxy) is 3. The molecule has 3 unspecified atom stereocenters. The Morgan fingerprint density at radius 2 is 1.13 bits per heavy atom. The average molecular weight is 1840 g/mol. The molecule has 7 aliphatic carbocycles. The van der Waals surface area contributed by atoms with Crippen molar-refractivity contribution in [3.63, 3.8) is 0 Å². The molecule has 10 rings (SSSR count). The van der Waals surface area contributed by atoms with E-state index in [1.165, 1.54) is 36.4 Å². The van der Waals surface area contributed by atoms with Gasteiger partial charge in [-0.05, 0) is 251 Å². The summed E-state index contributed by atoms with van der Waals surface area (Å²) >= 11 is 39.3. The van der Waals surface area contributed by atoms with E-state index in [4.69, 9.17) is 48.6 Å². The van der Waals surface area contributed by atoms with Crippen molar-refractivity contribution in [2.24, 2.45) is 47.0 Å². The first kappa shape index (κ1) is 114. The summed E-state index contributed by atoms with van der Waals surface area (Å²) in [6, 6.07) is 0. The average Bonchev–Trinajstić information content (AvgIpc) is 1.78. The van der Waals surface area contributed by atoms with Crippen molar-refractivity contribution in [1.82, 2.24) is 29.9 Å². The first-order chi connectivity index (χ1) is 48.3. The predicted octanol–water partition coefficient (Wildman–Crippen LogP) is 14.6. The molecule has 7 aliphatic rings. The van der Waals surface area contributed by atoms with E-state index in [9.17, 15) is 42.9 Å². The molecule has 10 atom stereocenters. The van der Waals surface area contributed by atoms with E-state index >= 15 is 0 Å². The monoisotopic (exact) mass is 1840 g/mol. The maximum Gasteiger partial charge on any atom is 1.00 e. The van der Waals surface area contributed by atoms with Crippen molar-refractivity contribution in [3.8, 4) is 0 Å². The summed E-state index contributed by atoms with van der Waals surface area (Å²) in [5.74, 6) is 2.78. The van der Waals surface area contributed by atoms with Gasteiger partial charge in [-0.15, -0.1) is 0 Å². The zero-order chi connectivity index (χ0) is 80.7. The van der Waals surface area contributed by atoms with E-state index in [0.29, 0.717) is 89.7 Å². The summed E-state index contributed by atoms with van der Waals surface area (Å²) in [6.07, 6.45) is 18.5. The molecule has 3 heterocycles. The van der Waals surface area contributed by atoms with Crippen molar-refractivity contribution in [1.29, 1.82) is 4.78 Å². The van der Waals surface area contributed by atoms with Crippen molar-refractivity contribution in [3.05, 3.63) is 99.4 Å². The van der Waals surface area contributed by atoms with Crippen molar-refractivity contribution >= 4 is 160 Å². The first-order valence-electron chi connectivity index (χ1n) is 34.4. The number of aromatic amines is 3. The molecule has 0 amide bonds. The molecule has 25 nitrogen and oxygen atoms in total. The fourth-order valence-electron chi connectivity index (χ4n) is 12.4. The smallest absolute Gasteiger partial charge is 0.870 e. The molecule has 107 heavy (non-hydrogen) atoms. The molecule has 0 saturated heterocycles. The van der Waals surface area contributed by atoms with Gasteiger partial charge in [-0.1, -0.05) is 114 Å². The van der Waals surface area contributed by atoms with Gasteiger partial charge in [0.1, 0.15) is 23.2 Å². The van der Waals surface area contributed by atoms with Gasteiger partial charge < -0.3 is 41.1 Å². The molecule has 4 saturated carbocycles. The number of hydrogen-bond acceptors (Lipinski definition) is 23. The molecule has 4 fully saturated rings. The zero-order valence-corrected chi connectivity index (χ0v) is 78.1. The molecule has 37 heteroatoms. The van der Waals surface area contributed by atoms with Gasteiger partial charge >= 0.3 is 74.5 Å². The third-order valence-electron chi connectivity index (χ3n) is 17.8. The minimum atomic E-state index is -3.22. The molecule has 0 aliphatic heterocycles. The summed E-state index contributed by atoms with van der Waals surface area (Å²) in [4.78, 5) is 110. The van der Waals surface area contributed by atoms with Crippen LogP contribution in [0.15, 0.2) is 44.5 Å². The Balaban J connectivity index is -0.000000361. The molecular weight excluding hydrogens is 1730 g/mol. The Morgan fingerprint density at radius 1 is 0.682 bits per heavy atom. The summed E-state index contributed by atoms with van der Waals surface area (Å²) in [5, 5.41) is 12.9. The van der Waals surface area contributed by atoms with Gasteiger partial charge in [0, 0.05) is 109 Å². The molecule has 0 bridgehead atoms. The third kappa shape index (κ3) is 43.9. The second-order valence-electron chi connectivity index (χ2n) is 26.8. The number of ketones is 3. The summed E-state index contributed by atoms with van der Waals surface area (Å²) in [5.41, 5.74) is 20.2. The van der Waals surface area contributed by atoms with Crippen LogP contribution in [0.2, 0.25) is 5.15 Å². The van der Waals surface area contributed by atoms with E-state index in [1.807, 2.05) is 27.7 Å². The quantitative estimate of drug-likeness (QED) is 0.00924. The molecule has 0 radical (unpaired) electrons. The third-order valence-corrected chi connectivity index (χ3v) is 21.3. The molecule has 0 aromatic carbocycles. The number of nitrogens with one attached hydrogen (secondary N) is 4. The number of rotatable bonds is 6. The molecule has 3 aromatic heterocycles. The number of thiocarbonyl (C=S) groups is 1. The van der Waals surface area contributed by atoms with Gasteiger partial charge in [0.25, 0.3) is 11.1 Å². The summed E-state index contributed by atoms with van der Waals surface area (Å²) in [6.45, 7) is 35.1. The minimum absolute atomic E-state index is 0. The van der Waals surface area contributed by atoms with Crippen molar-refractivity contribution in [2.45, 2.75) is 247 Å². The minimum Gasteiger partial charge on any atom is -0.870 e. The number of esters is 3. The maximum atomic E-state index is 11.9. The number of nitrogens with zero attached hydrogens (tertiary/aromatic N) is 3. The van der Waals surface area contributed by atoms with Crippen LogP contribution in [-0.4, -0.2) is 115 Å². The first-order valence-corrected chi connectivity index (χ1v) is 42.0. The Bertz CT molecular complexity index is 3560. The van der Waals surface area contributed by atoms with Crippen LogP contribution < -0.4 is 74.0 Å². The van der Waals surface area contributed by atoms with Gasteiger partial charge in [-0.3, -0.25) is 47.9 Å². The molecule has 11 N–H and O–H groups in total. The molecular formula is C70H111ArBr2Cl4KN9O16PS3. The SMILES string of the molecule is CC(C)=C1CC[C@@H](C)CC1=O.CCOC(=O)C1C(=C(C)C)CC[C@H]1C.CCOC(=O)C1C(=O)CC[C@H]1C.CCOC(C)=O.C[C@@H]1CCC(Br)(C(C)(C)Br)C(=O)C1.C[C@@H]1CCc2[nH]c(=S)[nH]c(=O)c21.C[C@@H]1CCc2nc[nH]c(=O)c21.C[C@@H]1CCc2ncnc(Cl)c21.N=S.NC(N)=S.O=P(Cl)(Cl)Cl.OOO.[Ar].[K+].[OH-]. The largest absolute Gasteiger partial charge is 1.00 e. The molecule has 3 aromatic rings. The number of aryl methyl sites for hydroxylation is 3. The van der Waals surface area contributed by atoms with Crippen LogP contribution in [0, 0.1) is 82.8 Å². The number of halogens is 6. The van der Waals surface area contributed by atoms with Crippen LogP contribution in [0.3, 0.4) is 0 Å². The number of fused-ring (bicyclic) bond motifs is 3. The summed E-state index contributed by atoms with van der Waals surface area (Å²) in [7, 11) is 0. The predicted molar refractivity (Wildman–Crippen MR) is 431 cm³/mol. The Hall–Kier alpha value is -1.24. The number of hydrogen-bond donors (Lipinski definition) is 8. The number of H-pyrrole nitrogens is 3. The van der Waals surface area contributed by atoms with Gasteiger partial charge in [0.2, 0.25) is 0 Å². The Morgan fingerprint density at radius 3 is 1.54 bits per heavy atom. The number of carbonyl (C=O) groups is 6. The van der Waals surface area contributed by atoms with Crippen LogP contribution in [0.25, 0.3) is 0 Å². The van der Waals surface area contributed by atoms with Crippen LogP contribution >= 0.6 is 107 Å². The van der Waals surface area contributed by atoms with Crippen molar-refractivity contribution < 1.29 is 158 Å². The zero-order valence-electron chi connectivity index (χ0n) is 64.7. The van der Waals surface area contributed by atoms with Gasteiger partial charge in [0.15, 0.2) is 21.4 Å².